The second-order valence-corrected chi connectivity index (χ2v) is 5.79. The number of fused-ring (bicyclic) bond motifs is 1. The van der Waals surface area contributed by atoms with Crippen molar-refractivity contribution in [3.05, 3.63) is 42.1 Å². The molecule has 0 spiro atoms. The topological polar surface area (TPSA) is 33.1 Å². The molecule has 1 N–H and O–H groups in total. The smallest absolute Gasteiger partial charge is 0.0897 e. The molecule has 1 aliphatic rings. The van der Waals surface area contributed by atoms with Gasteiger partial charge in [0, 0.05) is 11.6 Å². The van der Waals surface area contributed by atoms with E-state index >= 15 is 0 Å². The molecule has 0 amide bonds. The Bertz CT molecular complexity index is 570. The fraction of sp³-hybridized carbons (Fsp3) is 0.471. The number of benzene rings is 1. The number of aliphatic hydroxyl groups is 1. The third-order valence-corrected chi connectivity index (χ3v) is 4.65. The van der Waals surface area contributed by atoms with Gasteiger partial charge in [0.1, 0.15) is 0 Å². The van der Waals surface area contributed by atoms with Crippen LogP contribution in [0.4, 0.5) is 0 Å². The molecule has 2 nitrogen and oxygen atoms in total. The molecule has 0 bridgehead atoms. The zero-order chi connectivity index (χ0) is 13.3. The van der Waals surface area contributed by atoms with Crippen molar-refractivity contribution in [2.45, 2.75) is 44.6 Å². The lowest BCUT2D eigenvalue weighted by molar-refractivity contribution is -0.0144. The molecule has 0 unspecified atom stereocenters. The van der Waals surface area contributed by atoms with Gasteiger partial charge in [-0.2, -0.15) is 0 Å². The average molecular weight is 255 g/mol. The highest BCUT2D eigenvalue weighted by molar-refractivity contribution is 5.79. The maximum absolute atomic E-state index is 10.9. The van der Waals surface area contributed by atoms with Crippen molar-refractivity contribution in [2.75, 3.05) is 0 Å². The summed E-state index contributed by atoms with van der Waals surface area (Å²) >= 11 is 0. The van der Waals surface area contributed by atoms with Crippen molar-refractivity contribution < 1.29 is 5.11 Å². The van der Waals surface area contributed by atoms with E-state index in [4.69, 9.17) is 0 Å². The van der Waals surface area contributed by atoms with Crippen LogP contribution in [0.5, 0.6) is 0 Å². The molecule has 3 rings (SSSR count). The molecule has 1 heterocycles. The van der Waals surface area contributed by atoms with Gasteiger partial charge in [0.05, 0.1) is 11.1 Å². The first-order valence-corrected chi connectivity index (χ1v) is 7.29. The molecule has 1 aliphatic carbocycles. The average Bonchev–Trinajstić information content (AvgIpc) is 2.47. The lowest BCUT2D eigenvalue weighted by Crippen LogP contribution is -2.31. The Morgan fingerprint density at radius 1 is 1.26 bits per heavy atom. The highest BCUT2D eigenvalue weighted by atomic mass is 16.3. The number of hydrogen-bond donors (Lipinski definition) is 1. The molecular weight excluding hydrogens is 234 g/mol. The molecule has 1 aromatic carbocycles. The van der Waals surface area contributed by atoms with Crippen molar-refractivity contribution in [1.29, 1.82) is 0 Å². The van der Waals surface area contributed by atoms with E-state index in [0.717, 1.165) is 48.1 Å². The van der Waals surface area contributed by atoms with Crippen molar-refractivity contribution >= 4 is 10.9 Å². The van der Waals surface area contributed by atoms with Gasteiger partial charge in [0.15, 0.2) is 0 Å². The molecule has 1 fully saturated rings. The first-order valence-electron chi connectivity index (χ1n) is 7.29. The fourth-order valence-corrected chi connectivity index (χ4v) is 3.22. The van der Waals surface area contributed by atoms with Crippen molar-refractivity contribution in [3.8, 4) is 0 Å². The molecule has 0 atom stereocenters. The van der Waals surface area contributed by atoms with Crippen LogP contribution in [0.3, 0.4) is 0 Å². The summed E-state index contributed by atoms with van der Waals surface area (Å²) < 4.78 is 0. The number of pyridine rings is 1. The number of rotatable bonds is 2. The Kier molecular flexibility index (Phi) is 3.28. The number of aromatic nitrogens is 1. The van der Waals surface area contributed by atoms with Gasteiger partial charge in [-0.3, -0.25) is 4.98 Å². The minimum atomic E-state index is -0.629. The summed E-state index contributed by atoms with van der Waals surface area (Å²) in [4.78, 5) is 4.33. The minimum absolute atomic E-state index is 0.629. The summed E-state index contributed by atoms with van der Waals surface area (Å²) in [7, 11) is 0. The first-order chi connectivity index (χ1) is 9.21. The number of hydrogen-bond acceptors (Lipinski definition) is 2. The van der Waals surface area contributed by atoms with Gasteiger partial charge >= 0.3 is 0 Å². The van der Waals surface area contributed by atoms with Gasteiger partial charge in [-0.15, -0.1) is 0 Å². The van der Waals surface area contributed by atoms with Gasteiger partial charge in [0.25, 0.3) is 0 Å². The summed E-state index contributed by atoms with van der Waals surface area (Å²) in [5.74, 6) is 0.794. The minimum Gasteiger partial charge on any atom is -0.385 e. The molecule has 2 heteroatoms. The van der Waals surface area contributed by atoms with Gasteiger partial charge in [-0.05, 0) is 55.4 Å². The molecule has 1 aromatic heterocycles. The van der Waals surface area contributed by atoms with E-state index in [9.17, 15) is 5.11 Å². The van der Waals surface area contributed by atoms with E-state index in [1.165, 1.54) is 6.42 Å². The predicted octanol–water partition coefficient (Wildman–Crippen LogP) is 4.02. The van der Waals surface area contributed by atoms with Crippen molar-refractivity contribution in [1.82, 2.24) is 4.98 Å². The second kappa shape index (κ2) is 4.93. The molecule has 0 saturated heterocycles. The highest BCUT2D eigenvalue weighted by Crippen LogP contribution is 2.40. The van der Waals surface area contributed by atoms with E-state index in [-0.39, 0.29) is 0 Å². The molecule has 100 valence electrons. The van der Waals surface area contributed by atoms with Crippen LogP contribution in [-0.4, -0.2) is 10.1 Å². The van der Waals surface area contributed by atoms with E-state index < -0.39 is 5.60 Å². The highest BCUT2D eigenvalue weighted by Gasteiger charge is 2.34. The molecule has 0 aliphatic heterocycles. The van der Waals surface area contributed by atoms with Crippen LogP contribution in [0.25, 0.3) is 10.9 Å². The summed E-state index contributed by atoms with van der Waals surface area (Å²) in [5.41, 5.74) is 1.43. The Labute approximate surface area is 114 Å². The summed E-state index contributed by atoms with van der Waals surface area (Å²) in [5, 5.41) is 12.0. The van der Waals surface area contributed by atoms with Crippen LogP contribution in [0.2, 0.25) is 0 Å². The Morgan fingerprint density at radius 3 is 2.79 bits per heavy atom. The lowest BCUT2D eigenvalue weighted by Gasteiger charge is -2.36. The van der Waals surface area contributed by atoms with E-state index in [1.807, 2.05) is 24.4 Å². The monoisotopic (exact) mass is 255 g/mol. The molecule has 0 radical (unpaired) electrons. The van der Waals surface area contributed by atoms with E-state index in [1.54, 1.807) is 0 Å². The first kappa shape index (κ1) is 12.6. The standard InChI is InChI=1S/C17H21NO/c1-2-13-7-9-17(19,10-8-13)15-5-6-16-14(12-15)4-3-11-18-16/h3-6,11-13,19H,2,7-10H2,1H3. The van der Waals surface area contributed by atoms with Crippen LogP contribution in [0.15, 0.2) is 36.5 Å². The van der Waals surface area contributed by atoms with Crippen LogP contribution in [0.1, 0.15) is 44.6 Å². The Hall–Kier alpha value is -1.41. The zero-order valence-electron chi connectivity index (χ0n) is 11.5. The van der Waals surface area contributed by atoms with Crippen LogP contribution >= 0.6 is 0 Å². The lowest BCUT2D eigenvalue weighted by atomic mass is 9.74. The SMILES string of the molecule is CCC1CCC(O)(c2ccc3ncccc3c2)CC1. The molecule has 1 saturated carbocycles. The molecule has 2 aromatic rings. The van der Waals surface area contributed by atoms with E-state index in [0.29, 0.717) is 0 Å². The third kappa shape index (κ3) is 2.37. The summed E-state index contributed by atoms with van der Waals surface area (Å²) in [6, 6.07) is 10.2. The maximum Gasteiger partial charge on any atom is 0.0897 e. The quantitative estimate of drug-likeness (QED) is 0.879. The Balaban J connectivity index is 1.91. The van der Waals surface area contributed by atoms with Crippen LogP contribution in [-0.2, 0) is 5.60 Å². The molecule has 19 heavy (non-hydrogen) atoms. The van der Waals surface area contributed by atoms with E-state index in [2.05, 4.69) is 24.0 Å². The summed E-state index contributed by atoms with van der Waals surface area (Å²) in [6.07, 6.45) is 7.09. The van der Waals surface area contributed by atoms with Crippen LogP contribution < -0.4 is 0 Å². The Morgan fingerprint density at radius 2 is 2.05 bits per heavy atom. The van der Waals surface area contributed by atoms with Gasteiger partial charge in [0.2, 0.25) is 0 Å². The fourth-order valence-electron chi connectivity index (χ4n) is 3.22. The largest absolute Gasteiger partial charge is 0.385 e. The van der Waals surface area contributed by atoms with Crippen LogP contribution in [0, 0.1) is 5.92 Å². The normalized spacial score (nSPS) is 27.6. The molecular formula is C17H21NO. The van der Waals surface area contributed by atoms with Crippen molar-refractivity contribution in [3.63, 3.8) is 0 Å². The number of nitrogens with zero attached hydrogens (tertiary/aromatic N) is 1. The van der Waals surface area contributed by atoms with Crippen molar-refractivity contribution in [2.24, 2.45) is 5.92 Å². The predicted molar refractivity (Wildman–Crippen MR) is 77.9 cm³/mol. The third-order valence-electron chi connectivity index (χ3n) is 4.65. The zero-order valence-corrected chi connectivity index (χ0v) is 11.5. The second-order valence-electron chi connectivity index (χ2n) is 5.79. The van der Waals surface area contributed by atoms with Gasteiger partial charge < -0.3 is 5.11 Å². The van der Waals surface area contributed by atoms with Gasteiger partial charge in [-0.25, -0.2) is 0 Å². The summed E-state index contributed by atoms with van der Waals surface area (Å²) in [6.45, 7) is 2.25. The maximum atomic E-state index is 10.9. The van der Waals surface area contributed by atoms with Gasteiger partial charge in [-0.1, -0.05) is 25.5 Å².